The minimum Gasteiger partial charge on any atom is -0.497 e. The summed E-state index contributed by atoms with van der Waals surface area (Å²) >= 11 is 6.70. The first kappa shape index (κ1) is 30.1. The number of nitrogens with zero attached hydrogens (tertiary/aromatic N) is 1. The van der Waals surface area contributed by atoms with Gasteiger partial charge in [-0.2, -0.15) is 0 Å². The second-order valence-corrected chi connectivity index (χ2v) is 16.2. The maximum absolute atomic E-state index is 13.7. The molecule has 0 aliphatic heterocycles. The Kier molecular flexibility index (Phi) is 11.2. The molecule has 36 heavy (non-hydrogen) atoms. The quantitative estimate of drug-likeness (QED) is 0.117. The zero-order valence-electron chi connectivity index (χ0n) is 23.0. The van der Waals surface area contributed by atoms with Crippen LogP contribution < -0.4 is 4.74 Å². The summed E-state index contributed by atoms with van der Waals surface area (Å²) in [6, 6.07) is 16.3. The van der Waals surface area contributed by atoms with Gasteiger partial charge in [-0.15, -0.1) is 0 Å². The predicted octanol–water partition coefficient (Wildman–Crippen LogP) is 7.44. The maximum atomic E-state index is 13.7. The van der Waals surface area contributed by atoms with Crippen LogP contribution in [0.5, 0.6) is 5.75 Å². The highest BCUT2D eigenvalue weighted by molar-refractivity contribution is 6.77. The molecule has 0 fully saturated rings. The summed E-state index contributed by atoms with van der Waals surface area (Å²) in [7, 11) is -0.558. The van der Waals surface area contributed by atoms with Crippen molar-refractivity contribution in [2.24, 2.45) is 0 Å². The molecule has 0 radical (unpaired) electrons. The zero-order chi connectivity index (χ0) is 27.0. The largest absolute Gasteiger partial charge is 0.497 e. The van der Waals surface area contributed by atoms with E-state index in [1.54, 1.807) is 31.4 Å². The Labute approximate surface area is 223 Å². The van der Waals surface area contributed by atoms with Gasteiger partial charge in [-0.25, -0.2) is 0 Å². The highest BCUT2D eigenvalue weighted by atomic mass is 35.5. The monoisotopic (exact) mass is 531 g/mol. The number of methoxy groups -OCH3 is 1. The lowest BCUT2D eigenvalue weighted by molar-refractivity contribution is -0.133. The van der Waals surface area contributed by atoms with Crippen LogP contribution in [0, 0.1) is 0 Å². The van der Waals surface area contributed by atoms with Crippen LogP contribution in [0.3, 0.4) is 0 Å². The van der Waals surface area contributed by atoms with Crippen molar-refractivity contribution >= 4 is 31.6 Å². The zero-order valence-corrected chi connectivity index (χ0v) is 24.7. The van der Waals surface area contributed by atoms with Gasteiger partial charge in [-0.1, -0.05) is 95.6 Å². The van der Waals surface area contributed by atoms with Crippen LogP contribution in [0.25, 0.3) is 0 Å². The number of carbonyl (C=O) groups excluding carboxylic acids is 2. The van der Waals surface area contributed by atoms with E-state index in [4.69, 9.17) is 20.8 Å². The van der Waals surface area contributed by atoms with Crippen LogP contribution in [0.1, 0.15) is 70.8 Å². The van der Waals surface area contributed by atoms with E-state index >= 15 is 0 Å². The van der Waals surface area contributed by atoms with Crippen molar-refractivity contribution in [3.63, 3.8) is 0 Å². The molecule has 0 aromatic heterocycles. The van der Waals surface area contributed by atoms with Crippen LogP contribution in [-0.4, -0.2) is 43.6 Å². The molecule has 2 aromatic rings. The van der Waals surface area contributed by atoms with Crippen molar-refractivity contribution in [3.05, 3.63) is 65.7 Å². The first-order valence-corrected chi connectivity index (χ1v) is 15.3. The number of alkyl halides is 1. The average molecular weight is 532 g/mol. The third kappa shape index (κ3) is 7.21. The molecule has 0 spiro atoms. The molecule has 0 N–H and O–H groups in total. The maximum Gasteiger partial charge on any atom is 0.226 e. The van der Waals surface area contributed by atoms with Gasteiger partial charge in [-0.3, -0.25) is 9.59 Å². The third-order valence-corrected chi connectivity index (χ3v) is 13.6. The van der Waals surface area contributed by atoms with Crippen molar-refractivity contribution in [2.75, 3.05) is 7.11 Å². The summed E-state index contributed by atoms with van der Waals surface area (Å²) in [5.74, 6) is 0.212. The van der Waals surface area contributed by atoms with E-state index in [9.17, 15) is 9.59 Å². The van der Waals surface area contributed by atoms with Crippen molar-refractivity contribution in [2.45, 2.75) is 89.7 Å². The van der Waals surface area contributed by atoms with Crippen LogP contribution in [0.15, 0.2) is 54.6 Å². The number of amides is 1. The number of carbonyl (C=O) groups is 2. The van der Waals surface area contributed by atoms with Crippen molar-refractivity contribution in [1.29, 1.82) is 0 Å². The molecule has 1 amide bonds. The first-order chi connectivity index (χ1) is 16.9. The highest BCUT2D eigenvalue weighted by Gasteiger charge is 2.46. The van der Waals surface area contributed by atoms with Gasteiger partial charge >= 0.3 is 0 Å². The molecule has 0 aliphatic carbocycles. The van der Waals surface area contributed by atoms with E-state index in [1.165, 1.54) is 4.90 Å². The number of ketones is 1. The SMILES string of the molecule is COc1ccc(CN(C(=O)CC(C)O[Si](C(C)C)(C(C)C)C(C)C)C(Cl)C(=O)c2ccccc2)cc1. The summed E-state index contributed by atoms with van der Waals surface area (Å²) in [6.45, 7) is 15.5. The van der Waals surface area contributed by atoms with E-state index < -0.39 is 13.8 Å². The van der Waals surface area contributed by atoms with Gasteiger partial charge in [0.1, 0.15) is 5.75 Å². The lowest BCUT2D eigenvalue weighted by atomic mass is 10.1. The molecule has 0 saturated carbocycles. The summed E-state index contributed by atoms with van der Waals surface area (Å²) in [5.41, 5.74) is 1.43. The molecule has 0 saturated heterocycles. The molecule has 0 heterocycles. The minimum atomic E-state index is -2.16. The lowest BCUT2D eigenvalue weighted by Crippen LogP contribution is -2.50. The molecule has 0 aliphatic rings. The fourth-order valence-corrected chi connectivity index (χ4v) is 11.2. The Morgan fingerprint density at radius 3 is 1.86 bits per heavy atom. The number of benzene rings is 2. The topological polar surface area (TPSA) is 55.8 Å². The summed E-state index contributed by atoms with van der Waals surface area (Å²) in [6.07, 6.45) is -0.132. The second-order valence-electron chi connectivity index (χ2n) is 10.4. The summed E-state index contributed by atoms with van der Waals surface area (Å²) in [4.78, 5) is 28.3. The molecule has 2 unspecified atom stereocenters. The van der Waals surface area contributed by atoms with Crippen molar-refractivity contribution in [1.82, 2.24) is 4.90 Å². The van der Waals surface area contributed by atoms with Crippen LogP contribution in [0.2, 0.25) is 16.6 Å². The molecule has 2 atom stereocenters. The molecular formula is C29H42ClNO4Si. The first-order valence-electron chi connectivity index (χ1n) is 12.8. The normalized spacial score (nSPS) is 13.7. The highest BCUT2D eigenvalue weighted by Crippen LogP contribution is 2.43. The van der Waals surface area contributed by atoms with Gasteiger partial charge in [0.2, 0.25) is 20.0 Å². The number of hydrogen-bond acceptors (Lipinski definition) is 4. The Morgan fingerprint density at radius 1 is 0.861 bits per heavy atom. The number of ether oxygens (including phenoxy) is 1. The molecule has 2 rings (SSSR count). The van der Waals surface area contributed by atoms with E-state index in [0.29, 0.717) is 22.2 Å². The number of halogens is 1. The second kappa shape index (κ2) is 13.4. The molecule has 198 valence electrons. The van der Waals surface area contributed by atoms with Gasteiger partial charge < -0.3 is 14.1 Å². The molecular weight excluding hydrogens is 490 g/mol. The lowest BCUT2D eigenvalue weighted by Gasteiger charge is -2.44. The van der Waals surface area contributed by atoms with E-state index in [-0.39, 0.29) is 30.8 Å². The van der Waals surface area contributed by atoms with Gasteiger partial charge in [0.15, 0.2) is 5.50 Å². The van der Waals surface area contributed by atoms with Crippen LogP contribution in [-0.2, 0) is 15.8 Å². The van der Waals surface area contributed by atoms with Gasteiger partial charge in [0.25, 0.3) is 0 Å². The Bertz CT molecular complexity index is 957. The van der Waals surface area contributed by atoms with Gasteiger partial charge in [0, 0.05) is 12.1 Å². The minimum absolute atomic E-state index is 0.155. The van der Waals surface area contributed by atoms with Gasteiger partial charge in [0.05, 0.1) is 19.6 Å². The summed E-state index contributed by atoms with van der Waals surface area (Å²) in [5, 5.41) is 0. The van der Waals surface area contributed by atoms with Crippen LogP contribution >= 0.6 is 11.6 Å². The average Bonchev–Trinajstić information content (AvgIpc) is 2.85. The van der Waals surface area contributed by atoms with Crippen molar-refractivity contribution < 1.29 is 18.8 Å². The Balaban J connectivity index is 2.31. The molecule has 5 nitrogen and oxygen atoms in total. The van der Waals surface area contributed by atoms with Crippen LogP contribution in [0.4, 0.5) is 0 Å². The van der Waals surface area contributed by atoms with E-state index in [2.05, 4.69) is 41.5 Å². The van der Waals surface area contributed by atoms with E-state index in [1.807, 2.05) is 37.3 Å². The Hall–Kier alpha value is -2.15. The Morgan fingerprint density at radius 2 is 1.39 bits per heavy atom. The smallest absolute Gasteiger partial charge is 0.226 e. The number of Topliss-reactive ketones (excluding diaryl/α,β-unsaturated/α-hetero) is 1. The molecule has 0 bridgehead atoms. The standard InChI is InChI=1S/C29H42ClNO4Si/c1-20(2)36(21(3)4,22(5)6)35-23(7)18-27(32)31(19-24-14-16-26(34-8)17-15-24)29(30)28(33)25-12-10-9-11-13-25/h9-17,20-23,29H,18-19H2,1-8H3. The molecule has 2 aromatic carbocycles. The van der Waals surface area contributed by atoms with Crippen molar-refractivity contribution in [3.8, 4) is 5.75 Å². The van der Waals surface area contributed by atoms with E-state index in [0.717, 1.165) is 11.3 Å². The molecule has 7 heteroatoms. The number of hydrogen-bond donors (Lipinski definition) is 0. The summed E-state index contributed by atoms with van der Waals surface area (Å²) < 4.78 is 12.0. The number of rotatable bonds is 13. The predicted molar refractivity (Wildman–Crippen MR) is 150 cm³/mol. The fourth-order valence-electron chi connectivity index (χ4n) is 5.27. The third-order valence-electron chi connectivity index (χ3n) is 6.96. The van der Waals surface area contributed by atoms with Gasteiger partial charge in [-0.05, 0) is 41.2 Å². The fraction of sp³-hybridized carbons (Fsp3) is 0.517.